The van der Waals surface area contributed by atoms with E-state index >= 15 is 4.39 Å². The van der Waals surface area contributed by atoms with Crippen LogP contribution in [0, 0.1) is 5.82 Å². The van der Waals surface area contributed by atoms with Gasteiger partial charge in [-0.05, 0) is 66.8 Å². The van der Waals surface area contributed by atoms with Gasteiger partial charge in [0.05, 0.1) is 29.8 Å². The molecule has 0 saturated heterocycles. The zero-order chi connectivity index (χ0) is 30.7. The Kier molecular flexibility index (Phi) is 7.47. The largest absolute Gasteiger partial charge is 0.433 e. The zero-order valence-corrected chi connectivity index (χ0v) is 24.0. The standard InChI is InChI=1S/C29H29F3N3O6P/c1-5-22-26-33-21-12-10-17(16-9-11-18(20(30)13-16)15(2)42(3,4)40)14-23(21)34(26)25-19(27(36)35(22)29(37,38)39)7-6-8-24(25)41-28(31)32/h6-15,22,28,37-39H,5H2,1-4H3. The molecule has 0 radical (unpaired) electrons. The quantitative estimate of drug-likeness (QED) is 0.185. The summed E-state index contributed by atoms with van der Waals surface area (Å²) < 4.78 is 60.9. The van der Waals surface area contributed by atoms with Crippen molar-refractivity contribution in [2.45, 2.75) is 44.7 Å². The van der Waals surface area contributed by atoms with E-state index in [0.29, 0.717) is 32.6 Å². The summed E-state index contributed by atoms with van der Waals surface area (Å²) in [7, 11) is -2.61. The summed E-state index contributed by atoms with van der Waals surface area (Å²) in [5, 5.41) is 30.6. The lowest BCUT2D eigenvalue weighted by atomic mass is 10.0. The Morgan fingerprint density at radius 1 is 1.07 bits per heavy atom. The molecule has 2 unspecified atom stereocenters. The average Bonchev–Trinajstić information content (AvgIpc) is 3.22. The molecular weight excluding hydrogens is 574 g/mol. The van der Waals surface area contributed by atoms with Crippen molar-refractivity contribution in [2.24, 2.45) is 0 Å². The minimum absolute atomic E-state index is 0.0422. The third kappa shape index (κ3) is 5.09. The molecule has 1 aromatic heterocycles. The molecule has 0 bridgehead atoms. The molecule has 3 N–H and O–H groups in total. The summed E-state index contributed by atoms with van der Waals surface area (Å²) >= 11 is 0. The Labute approximate surface area is 239 Å². The number of hydrogen-bond acceptors (Lipinski definition) is 7. The van der Waals surface area contributed by atoms with Gasteiger partial charge in [0.2, 0.25) is 0 Å². The second kappa shape index (κ2) is 10.5. The number of amides is 1. The Hall–Kier alpha value is -3.70. The van der Waals surface area contributed by atoms with Crippen molar-refractivity contribution in [1.82, 2.24) is 14.5 Å². The molecule has 13 heteroatoms. The highest BCUT2D eigenvalue weighted by Crippen LogP contribution is 2.53. The topological polar surface area (TPSA) is 125 Å². The van der Waals surface area contributed by atoms with Gasteiger partial charge in [-0.2, -0.15) is 8.78 Å². The van der Waals surface area contributed by atoms with Crippen molar-refractivity contribution in [3.63, 3.8) is 0 Å². The van der Waals surface area contributed by atoms with Gasteiger partial charge >= 0.3 is 12.7 Å². The zero-order valence-electron chi connectivity index (χ0n) is 23.1. The molecule has 42 heavy (non-hydrogen) atoms. The van der Waals surface area contributed by atoms with Crippen molar-refractivity contribution < 1.29 is 42.6 Å². The van der Waals surface area contributed by atoms with Crippen LogP contribution in [-0.4, -0.2) is 61.7 Å². The predicted molar refractivity (Wildman–Crippen MR) is 150 cm³/mol. The average molecular weight is 604 g/mol. The number of aromatic nitrogens is 2. The van der Waals surface area contributed by atoms with Gasteiger partial charge in [0.25, 0.3) is 5.91 Å². The van der Waals surface area contributed by atoms with Crippen LogP contribution in [-0.2, 0) is 4.57 Å². The van der Waals surface area contributed by atoms with Crippen LogP contribution in [0.5, 0.6) is 5.75 Å². The first-order valence-corrected chi connectivity index (χ1v) is 15.8. The molecule has 4 aromatic rings. The molecule has 0 fully saturated rings. The van der Waals surface area contributed by atoms with Crippen LogP contribution in [0.25, 0.3) is 27.8 Å². The smallest absolute Gasteiger partial charge is 0.387 e. The van der Waals surface area contributed by atoms with Gasteiger partial charge in [0, 0.05) is 5.66 Å². The highest BCUT2D eigenvalue weighted by Gasteiger charge is 2.46. The fourth-order valence-electron chi connectivity index (χ4n) is 5.33. The fraction of sp³-hybridized carbons (Fsp3) is 0.310. The number of alkyl halides is 2. The van der Waals surface area contributed by atoms with Crippen LogP contribution in [0.4, 0.5) is 13.2 Å². The van der Waals surface area contributed by atoms with Crippen molar-refractivity contribution in [1.29, 1.82) is 0 Å². The lowest BCUT2D eigenvalue weighted by Crippen LogP contribution is -2.53. The molecular formula is C29H29F3N3O6P. The van der Waals surface area contributed by atoms with Crippen molar-refractivity contribution in [3.05, 3.63) is 77.4 Å². The lowest BCUT2D eigenvalue weighted by molar-refractivity contribution is -0.386. The van der Waals surface area contributed by atoms with E-state index in [4.69, 9.17) is 4.74 Å². The number of imidazole rings is 1. The number of halogens is 3. The van der Waals surface area contributed by atoms with Gasteiger partial charge in [0.15, 0.2) is 5.75 Å². The van der Waals surface area contributed by atoms with E-state index in [1.54, 1.807) is 57.5 Å². The first kappa shape index (κ1) is 29.8. The summed E-state index contributed by atoms with van der Waals surface area (Å²) in [4.78, 5) is 18.6. The summed E-state index contributed by atoms with van der Waals surface area (Å²) in [5.74, 6) is -1.94. The highest BCUT2D eigenvalue weighted by atomic mass is 31.2. The summed E-state index contributed by atoms with van der Waals surface area (Å²) in [6, 6.07) is 12.1. The summed E-state index contributed by atoms with van der Waals surface area (Å²) in [5.41, 5.74) is 1.09. The molecule has 3 aromatic carbocycles. The van der Waals surface area contributed by atoms with Crippen LogP contribution >= 0.6 is 7.14 Å². The summed E-state index contributed by atoms with van der Waals surface area (Å²) in [6.45, 7) is 3.27. The number of fused-ring (bicyclic) bond motifs is 5. The number of benzene rings is 3. The van der Waals surface area contributed by atoms with Gasteiger partial charge in [-0.1, -0.05) is 38.1 Å². The maximum Gasteiger partial charge on any atom is 0.387 e. The minimum atomic E-state index is -3.61. The lowest BCUT2D eigenvalue weighted by Gasteiger charge is -2.34. The third-order valence-electron chi connectivity index (χ3n) is 7.60. The predicted octanol–water partition coefficient (Wildman–Crippen LogP) is 5.61. The molecule has 2 heterocycles. The normalized spacial score (nSPS) is 16.4. The van der Waals surface area contributed by atoms with E-state index in [-0.39, 0.29) is 29.2 Å². The Morgan fingerprint density at radius 3 is 2.33 bits per heavy atom. The SMILES string of the molecule is CCC1c2nc3ccc(-c4ccc(C(C)P(C)(C)=O)c(F)c4)cc3n2-c2c(OC(F)F)cccc2C(=O)N1C(O)(O)O. The van der Waals surface area contributed by atoms with Crippen LogP contribution in [0.3, 0.4) is 0 Å². The van der Waals surface area contributed by atoms with Crippen molar-refractivity contribution >= 4 is 24.1 Å². The minimum Gasteiger partial charge on any atom is -0.433 e. The Morgan fingerprint density at radius 2 is 1.74 bits per heavy atom. The fourth-order valence-corrected chi connectivity index (χ4v) is 6.21. The Bertz CT molecular complexity index is 1750. The molecule has 1 aliphatic rings. The molecule has 1 amide bonds. The molecule has 0 spiro atoms. The molecule has 0 aliphatic carbocycles. The van der Waals surface area contributed by atoms with E-state index in [1.165, 1.54) is 28.8 Å². The van der Waals surface area contributed by atoms with E-state index < -0.39 is 43.3 Å². The number of nitrogens with zero attached hydrogens (tertiary/aromatic N) is 3. The number of rotatable bonds is 7. The van der Waals surface area contributed by atoms with Crippen molar-refractivity contribution in [2.75, 3.05) is 13.3 Å². The monoisotopic (exact) mass is 603 g/mol. The highest BCUT2D eigenvalue weighted by molar-refractivity contribution is 7.62. The second-order valence-corrected chi connectivity index (χ2v) is 14.2. The molecule has 9 nitrogen and oxygen atoms in total. The van der Waals surface area contributed by atoms with E-state index in [0.717, 1.165) is 0 Å². The van der Waals surface area contributed by atoms with Gasteiger partial charge in [0.1, 0.15) is 17.3 Å². The molecule has 222 valence electrons. The van der Waals surface area contributed by atoms with Crippen LogP contribution in [0.15, 0.2) is 54.6 Å². The van der Waals surface area contributed by atoms with Gasteiger partial charge < -0.3 is 24.6 Å². The van der Waals surface area contributed by atoms with Gasteiger partial charge in [-0.25, -0.2) is 9.37 Å². The number of para-hydroxylation sites is 1. The molecule has 5 rings (SSSR count). The van der Waals surface area contributed by atoms with Crippen molar-refractivity contribution in [3.8, 4) is 22.6 Å². The number of hydrogen-bond donors (Lipinski definition) is 3. The molecule has 0 saturated carbocycles. The number of aliphatic hydroxyl groups is 3. The van der Waals surface area contributed by atoms with Crippen LogP contribution < -0.4 is 4.74 Å². The van der Waals surface area contributed by atoms with Gasteiger partial charge in [-0.15, -0.1) is 0 Å². The molecule has 1 aliphatic heterocycles. The maximum atomic E-state index is 15.2. The summed E-state index contributed by atoms with van der Waals surface area (Å²) in [6.07, 6.45) is -3.56. The first-order valence-electron chi connectivity index (χ1n) is 13.1. The van der Waals surface area contributed by atoms with Crippen LogP contribution in [0.1, 0.15) is 53.7 Å². The van der Waals surface area contributed by atoms with E-state index in [1.807, 2.05) is 0 Å². The number of ether oxygens (including phenoxy) is 1. The van der Waals surface area contributed by atoms with E-state index in [2.05, 4.69) is 4.98 Å². The first-order chi connectivity index (χ1) is 19.6. The van der Waals surface area contributed by atoms with Crippen LogP contribution in [0.2, 0.25) is 0 Å². The second-order valence-electron chi connectivity index (χ2n) is 10.6. The number of carbonyl (C=O) groups is 1. The molecule has 2 atom stereocenters. The van der Waals surface area contributed by atoms with Gasteiger partial charge in [-0.3, -0.25) is 14.3 Å². The Balaban J connectivity index is 1.78. The maximum absolute atomic E-state index is 15.2. The number of carbonyl (C=O) groups excluding carboxylic acids is 1. The third-order valence-corrected chi connectivity index (χ3v) is 9.75. The van der Waals surface area contributed by atoms with E-state index in [9.17, 15) is 33.5 Å².